The Labute approximate surface area is 379 Å². The molecule has 3 heteroatoms. The third-order valence-electron chi connectivity index (χ3n) is 14.9. The van der Waals surface area contributed by atoms with E-state index in [1.54, 1.807) is 0 Å². The summed E-state index contributed by atoms with van der Waals surface area (Å²) in [5.41, 5.74) is 16.8. The second-order valence-corrected chi connectivity index (χ2v) is 18.9. The van der Waals surface area contributed by atoms with Crippen molar-refractivity contribution < 1.29 is 4.42 Å². The molecule has 3 atom stereocenters. The monoisotopic (exact) mass is 836 g/mol. The number of anilines is 2. The first-order valence-electron chi connectivity index (χ1n) is 23.1. The number of rotatable bonds is 6. The number of hydrogen-bond acceptors (Lipinski definition) is 2. The van der Waals surface area contributed by atoms with Gasteiger partial charge in [-0.25, -0.2) is 0 Å². The first-order chi connectivity index (χ1) is 31.9. The summed E-state index contributed by atoms with van der Waals surface area (Å²) in [6.07, 6.45) is 15.0. The lowest BCUT2D eigenvalue weighted by atomic mass is 9.74. The Morgan fingerprint density at radius 3 is 2.26 bits per heavy atom. The smallest absolute Gasteiger partial charge is 0.160 e. The van der Waals surface area contributed by atoms with Crippen LogP contribution in [0.3, 0.4) is 0 Å². The summed E-state index contributed by atoms with van der Waals surface area (Å²) in [7, 11) is 0. The zero-order chi connectivity index (χ0) is 43.4. The van der Waals surface area contributed by atoms with E-state index in [0.717, 1.165) is 39.6 Å². The molecule has 0 radical (unpaired) electrons. The molecule has 10 aromatic rings. The normalized spacial score (nSPS) is 18.7. The Hall–Kier alpha value is -7.62. The lowest BCUT2D eigenvalue weighted by molar-refractivity contribution is 0.394. The molecule has 2 aromatic heterocycles. The van der Waals surface area contributed by atoms with E-state index in [2.05, 4.69) is 237 Å². The summed E-state index contributed by atoms with van der Waals surface area (Å²) >= 11 is 0. The Kier molecular flexibility index (Phi) is 8.43. The molecule has 0 bridgehead atoms. The Bertz CT molecular complexity index is 3700. The van der Waals surface area contributed by atoms with Crippen molar-refractivity contribution in [2.45, 2.75) is 38.5 Å². The maximum absolute atomic E-state index is 6.92. The van der Waals surface area contributed by atoms with Crippen molar-refractivity contribution >= 4 is 71.5 Å². The number of furan rings is 1. The van der Waals surface area contributed by atoms with Gasteiger partial charge in [-0.3, -0.25) is 0 Å². The van der Waals surface area contributed by atoms with Crippen molar-refractivity contribution in [3.63, 3.8) is 0 Å². The van der Waals surface area contributed by atoms with Crippen molar-refractivity contribution in [1.29, 1.82) is 0 Å². The molecule has 13 rings (SSSR count). The minimum atomic E-state index is -0.00347. The fourth-order valence-electron chi connectivity index (χ4n) is 11.8. The Morgan fingerprint density at radius 1 is 0.631 bits per heavy atom. The highest BCUT2D eigenvalue weighted by Crippen LogP contribution is 2.55. The molecule has 0 amide bonds. The molecule has 3 aliphatic carbocycles. The number of aromatic nitrogens is 1. The van der Waals surface area contributed by atoms with Crippen LogP contribution in [0.1, 0.15) is 49.8 Å². The van der Waals surface area contributed by atoms with Crippen LogP contribution in [-0.2, 0) is 5.41 Å². The van der Waals surface area contributed by atoms with Gasteiger partial charge >= 0.3 is 0 Å². The van der Waals surface area contributed by atoms with Gasteiger partial charge in [-0.05, 0) is 117 Å². The molecule has 0 saturated heterocycles. The number of para-hydroxylation sites is 3. The molecule has 0 aliphatic heterocycles. The molecule has 0 fully saturated rings. The van der Waals surface area contributed by atoms with Gasteiger partial charge in [-0.15, -0.1) is 0 Å². The summed E-state index contributed by atoms with van der Waals surface area (Å²) in [6.45, 7) is 7.28. The number of allylic oxidation sites excluding steroid dienone is 8. The summed E-state index contributed by atoms with van der Waals surface area (Å²) < 4.78 is 9.36. The van der Waals surface area contributed by atoms with E-state index in [0.29, 0.717) is 11.8 Å². The molecule has 3 nitrogen and oxygen atoms in total. The first-order valence-corrected chi connectivity index (χ1v) is 23.1. The van der Waals surface area contributed by atoms with E-state index in [4.69, 9.17) is 4.42 Å². The van der Waals surface area contributed by atoms with Gasteiger partial charge in [0.2, 0.25) is 0 Å². The molecule has 312 valence electrons. The van der Waals surface area contributed by atoms with Crippen LogP contribution < -0.4 is 4.90 Å². The minimum Gasteiger partial charge on any atom is -0.454 e. The van der Waals surface area contributed by atoms with Crippen LogP contribution in [0.5, 0.6) is 0 Å². The molecular formula is C62H48N2O. The van der Waals surface area contributed by atoms with Gasteiger partial charge in [0, 0.05) is 50.1 Å². The standard InChI is InChI=1S/C62H48N2O/c1-39-35-43(63(56-26-14-10-21-47(56)41-18-5-4-6-19-41)45-32-34-49-48-22-9-13-25-54(48)62(2,3)55(49)37-45)31-33-46(39)52-38-53-50-23-12-16-28-58(50)65-61(53)60-59(52)51-24-11-15-27-57(51)64(60)44-30-29-40-17-7-8-20-42(40)36-44/h4-34,36-39,48,54H,35H2,1-3H3. The zero-order valence-corrected chi connectivity index (χ0v) is 36.9. The molecule has 0 saturated carbocycles. The molecular weight excluding hydrogens is 789 g/mol. The molecule has 2 heterocycles. The minimum absolute atomic E-state index is 0.00347. The Balaban J connectivity index is 1.04. The predicted octanol–water partition coefficient (Wildman–Crippen LogP) is 16.8. The Morgan fingerprint density at radius 2 is 1.38 bits per heavy atom. The van der Waals surface area contributed by atoms with Gasteiger partial charge in [0.1, 0.15) is 5.58 Å². The first kappa shape index (κ1) is 37.9. The van der Waals surface area contributed by atoms with E-state index < -0.39 is 0 Å². The van der Waals surface area contributed by atoms with Crippen LogP contribution in [0.2, 0.25) is 0 Å². The van der Waals surface area contributed by atoms with E-state index in [1.165, 1.54) is 77.5 Å². The SMILES string of the molecule is CC1CC(N(c2ccc3c(c2)C(C)(C)C2C=CC=CC32)c2ccccc2-c2ccccc2)=CC=C1c1cc2c3ccccc3oc2c2c1c1ccccc1n2-c1ccc2ccccc2c1. The largest absolute Gasteiger partial charge is 0.454 e. The van der Waals surface area contributed by atoms with Crippen molar-refractivity contribution in [3.8, 4) is 16.8 Å². The van der Waals surface area contributed by atoms with E-state index >= 15 is 0 Å². The summed E-state index contributed by atoms with van der Waals surface area (Å²) in [5, 5.41) is 7.17. The van der Waals surface area contributed by atoms with Gasteiger partial charge in [-0.2, -0.15) is 0 Å². The van der Waals surface area contributed by atoms with Crippen LogP contribution in [-0.4, -0.2) is 4.57 Å². The highest BCUT2D eigenvalue weighted by molar-refractivity contribution is 6.25. The highest BCUT2D eigenvalue weighted by Gasteiger charge is 2.45. The summed E-state index contributed by atoms with van der Waals surface area (Å²) in [4.78, 5) is 2.56. The third-order valence-corrected chi connectivity index (χ3v) is 14.9. The average Bonchev–Trinajstić information content (AvgIpc) is 3.97. The fraction of sp³-hybridized carbons (Fsp3) is 0.129. The van der Waals surface area contributed by atoms with Gasteiger partial charge in [0.25, 0.3) is 0 Å². The summed E-state index contributed by atoms with van der Waals surface area (Å²) in [6, 6.07) is 62.4. The van der Waals surface area contributed by atoms with E-state index in [-0.39, 0.29) is 11.3 Å². The maximum Gasteiger partial charge on any atom is 0.160 e. The van der Waals surface area contributed by atoms with Crippen LogP contribution in [0.4, 0.5) is 11.4 Å². The second kappa shape index (κ2) is 14.5. The van der Waals surface area contributed by atoms with Crippen LogP contribution in [0.15, 0.2) is 216 Å². The second-order valence-electron chi connectivity index (χ2n) is 18.9. The molecule has 8 aromatic carbocycles. The van der Waals surface area contributed by atoms with E-state index in [1.807, 2.05) is 0 Å². The van der Waals surface area contributed by atoms with Crippen LogP contribution >= 0.6 is 0 Å². The average molecular weight is 837 g/mol. The van der Waals surface area contributed by atoms with Crippen molar-refractivity contribution in [1.82, 2.24) is 4.57 Å². The van der Waals surface area contributed by atoms with E-state index in [9.17, 15) is 0 Å². The van der Waals surface area contributed by atoms with Gasteiger partial charge in [0.15, 0.2) is 5.58 Å². The lowest BCUT2D eigenvalue weighted by Crippen LogP contribution is -2.25. The molecule has 0 spiro atoms. The summed E-state index contributed by atoms with van der Waals surface area (Å²) in [5.74, 6) is 1.04. The highest BCUT2D eigenvalue weighted by atomic mass is 16.3. The van der Waals surface area contributed by atoms with Crippen LogP contribution in [0, 0.1) is 11.8 Å². The lowest BCUT2D eigenvalue weighted by Gasteiger charge is -2.35. The van der Waals surface area contributed by atoms with Crippen molar-refractivity contribution in [3.05, 3.63) is 229 Å². The van der Waals surface area contributed by atoms with Gasteiger partial charge in [0.05, 0.1) is 16.7 Å². The van der Waals surface area contributed by atoms with Crippen LogP contribution in [0.25, 0.3) is 76.9 Å². The van der Waals surface area contributed by atoms with Crippen molar-refractivity contribution in [2.24, 2.45) is 11.8 Å². The topological polar surface area (TPSA) is 21.3 Å². The van der Waals surface area contributed by atoms with Gasteiger partial charge in [-0.1, -0.05) is 172 Å². The number of fused-ring (bicyclic) bond motifs is 11. The third kappa shape index (κ3) is 5.74. The zero-order valence-electron chi connectivity index (χ0n) is 36.9. The number of benzene rings is 8. The number of hydrogen-bond donors (Lipinski definition) is 0. The fourth-order valence-corrected chi connectivity index (χ4v) is 11.8. The molecule has 0 N–H and O–H groups in total. The van der Waals surface area contributed by atoms with Gasteiger partial charge < -0.3 is 13.9 Å². The number of nitrogens with zero attached hydrogens (tertiary/aromatic N) is 2. The predicted molar refractivity (Wildman–Crippen MR) is 273 cm³/mol. The maximum atomic E-state index is 6.92. The molecule has 3 unspecified atom stereocenters. The molecule has 65 heavy (non-hydrogen) atoms. The quantitative estimate of drug-likeness (QED) is 0.166. The van der Waals surface area contributed by atoms with Crippen molar-refractivity contribution in [2.75, 3.05) is 4.90 Å². The molecule has 3 aliphatic rings.